The van der Waals surface area contributed by atoms with Crippen LogP contribution in [0.5, 0.6) is 0 Å². The average molecular weight is 500 g/mol. The van der Waals surface area contributed by atoms with Crippen molar-refractivity contribution in [3.05, 3.63) is 35.5 Å². The fourth-order valence-electron chi connectivity index (χ4n) is 3.84. The molecule has 7 heteroatoms. The van der Waals surface area contributed by atoms with Gasteiger partial charge in [-0.1, -0.05) is 18.2 Å². The molecule has 1 atom stereocenters. The molecule has 0 radical (unpaired) electrons. The molecule has 1 aromatic heterocycles. The highest BCUT2D eigenvalue weighted by Crippen LogP contribution is 2.32. The minimum atomic E-state index is -0.0233. The minimum absolute atomic E-state index is 0. The molecule has 6 nitrogen and oxygen atoms in total. The number of aliphatic hydroxyl groups excluding tert-OH is 1. The van der Waals surface area contributed by atoms with Crippen LogP contribution in [-0.2, 0) is 11.2 Å². The summed E-state index contributed by atoms with van der Waals surface area (Å²) in [4.78, 5) is 8.25. The Labute approximate surface area is 184 Å². The monoisotopic (exact) mass is 500 g/mol. The summed E-state index contributed by atoms with van der Waals surface area (Å²) in [5, 5.41) is 17.5. The SMILES string of the molecule is CCNC(=NCC1(CCO)CCOC1)NCCc1c(C)[nH]c2ccccc12.I. The summed E-state index contributed by atoms with van der Waals surface area (Å²) in [5.41, 5.74) is 3.75. The van der Waals surface area contributed by atoms with E-state index in [1.54, 1.807) is 0 Å². The van der Waals surface area contributed by atoms with Crippen molar-refractivity contribution < 1.29 is 9.84 Å². The standard InChI is InChI=1S/C21H32N4O2.HI/c1-3-22-20(24-14-21(9-12-26)10-13-27-15-21)23-11-8-17-16(2)25-19-7-5-4-6-18(17)19;/h4-7,25-26H,3,8-15H2,1-2H3,(H2,22,23,24);1H. The highest BCUT2D eigenvalue weighted by Gasteiger charge is 2.34. The molecule has 1 aliphatic heterocycles. The molecule has 28 heavy (non-hydrogen) atoms. The van der Waals surface area contributed by atoms with Crippen molar-refractivity contribution in [3.63, 3.8) is 0 Å². The molecule has 1 unspecified atom stereocenters. The number of guanidine groups is 1. The summed E-state index contributed by atoms with van der Waals surface area (Å²) < 4.78 is 5.56. The number of hydrogen-bond acceptors (Lipinski definition) is 3. The van der Waals surface area contributed by atoms with Crippen molar-refractivity contribution in [2.75, 3.05) is 39.5 Å². The van der Waals surface area contributed by atoms with E-state index in [0.29, 0.717) is 13.2 Å². The summed E-state index contributed by atoms with van der Waals surface area (Å²) >= 11 is 0. The Morgan fingerprint density at radius 3 is 2.86 bits per heavy atom. The number of rotatable bonds is 8. The molecule has 2 aromatic rings. The summed E-state index contributed by atoms with van der Waals surface area (Å²) in [7, 11) is 0. The van der Waals surface area contributed by atoms with Crippen LogP contribution in [-0.4, -0.2) is 55.5 Å². The number of H-pyrrole nitrogens is 1. The van der Waals surface area contributed by atoms with Crippen LogP contribution in [0.2, 0.25) is 0 Å². The zero-order chi connectivity index (χ0) is 19.1. The predicted molar refractivity (Wildman–Crippen MR) is 126 cm³/mol. The molecule has 1 fully saturated rings. The van der Waals surface area contributed by atoms with Gasteiger partial charge >= 0.3 is 0 Å². The van der Waals surface area contributed by atoms with Crippen LogP contribution >= 0.6 is 24.0 Å². The van der Waals surface area contributed by atoms with Gasteiger partial charge in [-0.15, -0.1) is 24.0 Å². The van der Waals surface area contributed by atoms with Crippen LogP contribution in [0.15, 0.2) is 29.3 Å². The van der Waals surface area contributed by atoms with Crippen molar-refractivity contribution in [3.8, 4) is 0 Å². The lowest BCUT2D eigenvalue weighted by molar-refractivity contribution is 0.131. The van der Waals surface area contributed by atoms with Crippen LogP contribution in [0, 0.1) is 12.3 Å². The van der Waals surface area contributed by atoms with Gasteiger partial charge in [0.15, 0.2) is 5.96 Å². The van der Waals surface area contributed by atoms with Crippen LogP contribution in [0.3, 0.4) is 0 Å². The first-order valence-electron chi connectivity index (χ1n) is 9.94. The molecular formula is C21H33IN4O2. The first kappa shape index (κ1) is 23.0. The summed E-state index contributed by atoms with van der Waals surface area (Å²) in [5.74, 6) is 0.833. The Hall–Kier alpha value is -1.32. The Bertz CT molecular complexity index is 769. The van der Waals surface area contributed by atoms with Crippen LogP contribution in [0.1, 0.15) is 31.0 Å². The van der Waals surface area contributed by atoms with Gasteiger partial charge in [0.2, 0.25) is 0 Å². The largest absolute Gasteiger partial charge is 0.396 e. The molecule has 3 rings (SSSR count). The third-order valence-electron chi connectivity index (χ3n) is 5.44. The molecular weight excluding hydrogens is 467 g/mol. The Morgan fingerprint density at radius 1 is 1.32 bits per heavy atom. The zero-order valence-corrected chi connectivity index (χ0v) is 19.2. The van der Waals surface area contributed by atoms with E-state index in [1.807, 2.05) is 0 Å². The van der Waals surface area contributed by atoms with Gasteiger partial charge in [-0.05, 0) is 44.7 Å². The number of nitrogens with zero attached hydrogens (tertiary/aromatic N) is 1. The number of aromatic nitrogens is 1. The lowest BCUT2D eigenvalue weighted by atomic mass is 9.84. The number of para-hydroxylation sites is 1. The zero-order valence-electron chi connectivity index (χ0n) is 16.9. The fraction of sp³-hybridized carbons (Fsp3) is 0.571. The number of ether oxygens (including phenoxy) is 1. The Kier molecular flexibility index (Phi) is 9.04. The summed E-state index contributed by atoms with van der Waals surface area (Å²) in [6.07, 6.45) is 2.64. The summed E-state index contributed by atoms with van der Waals surface area (Å²) in [6.45, 7) is 8.15. The van der Waals surface area contributed by atoms with Crippen LogP contribution in [0.4, 0.5) is 0 Å². The molecule has 156 valence electrons. The number of halogens is 1. The highest BCUT2D eigenvalue weighted by atomic mass is 127. The van der Waals surface area contributed by atoms with E-state index in [9.17, 15) is 5.11 Å². The van der Waals surface area contributed by atoms with Crippen molar-refractivity contribution in [1.29, 1.82) is 0 Å². The Morgan fingerprint density at radius 2 is 2.14 bits per heavy atom. The average Bonchev–Trinajstić information content (AvgIpc) is 3.25. The maximum absolute atomic E-state index is 9.38. The molecule has 1 aromatic carbocycles. The maximum Gasteiger partial charge on any atom is 0.191 e. The van der Waals surface area contributed by atoms with E-state index in [1.165, 1.54) is 22.2 Å². The van der Waals surface area contributed by atoms with Gasteiger partial charge < -0.3 is 25.5 Å². The topological polar surface area (TPSA) is 81.7 Å². The molecule has 4 N–H and O–H groups in total. The first-order chi connectivity index (χ1) is 13.2. The molecule has 1 saturated heterocycles. The number of nitrogens with one attached hydrogen (secondary N) is 3. The number of aliphatic hydroxyl groups is 1. The van der Waals surface area contributed by atoms with Crippen LogP contribution in [0.25, 0.3) is 10.9 Å². The van der Waals surface area contributed by atoms with Gasteiger partial charge in [0.1, 0.15) is 0 Å². The van der Waals surface area contributed by atoms with Gasteiger partial charge in [-0.2, -0.15) is 0 Å². The van der Waals surface area contributed by atoms with Gasteiger partial charge in [0, 0.05) is 48.3 Å². The van der Waals surface area contributed by atoms with Crippen molar-refractivity contribution in [2.24, 2.45) is 10.4 Å². The maximum atomic E-state index is 9.38. The lowest BCUT2D eigenvalue weighted by Crippen LogP contribution is -2.39. The Balaban J connectivity index is 0.00000280. The van der Waals surface area contributed by atoms with Crippen LogP contribution < -0.4 is 10.6 Å². The minimum Gasteiger partial charge on any atom is -0.396 e. The summed E-state index contributed by atoms with van der Waals surface area (Å²) in [6, 6.07) is 8.44. The number of aromatic amines is 1. The second-order valence-corrected chi connectivity index (χ2v) is 7.42. The van der Waals surface area contributed by atoms with E-state index in [2.05, 4.69) is 53.7 Å². The van der Waals surface area contributed by atoms with Crippen molar-refractivity contribution >= 4 is 40.8 Å². The first-order valence-corrected chi connectivity index (χ1v) is 9.94. The third-order valence-corrected chi connectivity index (χ3v) is 5.44. The molecule has 0 aliphatic carbocycles. The molecule has 1 aliphatic rings. The molecule has 0 saturated carbocycles. The second kappa shape index (κ2) is 11.0. The molecule has 2 heterocycles. The smallest absolute Gasteiger partial charge is 0.191 e. The van der Waals surface area contributed by atoms with E-state index in [4.69, 9.17) is 9.73 Å². The second-order valence-electron chi connectivity index (χ2n) is 7.42. The normalized spacial score (nSPS) is 19.6. The quantitative estimate of drug-likeness (QED) is 0.255. The van der Waals surface area contributed by atoms with Gasteiger partial charge in [-0.25, -0.2) is 0 Å². The van der Waals surface area contributed by atoms with E-state index < -0.39 is 0 Å². The van der Waals surface area contributed by atoms with Crippen molar-refractivity contribution in [2.45, 2.75) is 33.1 Å². The van der Waals surface area contributed by atoms with E-state index >= 15 is 0 Å². The lowest BCUT2D eigenvalue weighted by Gasteiger charge is -2.24. The molecule has 0 amide bonds. The van der Waals surface area contributed by atoms with Gasteiger partial charge in [0.25, 0.3) is 0 Å². The number of benzene rings is 1. The molecule has 0 bridgehead atoms. The number of aryl methyl sites for hydroxylation is 1. The highest BCUT2D eigenvalue weighted by molar-refractivity contribution is 14.0. The van der Waals surface area contributed by atoms with Gasteiger partial charge in [0.05, 0.1) is 13.2 Å². The predicted octanol–water partition coefficient (Wildman–Crippen LogP) is 2.98. The fourth-order valence-corrected chi connectivity index (χ4v) is 3.84. The number of hydrogen-bond donors (Lipinski definition) is 4. The van der Waals surface area contributed by atoms with Gasteiger partial charge in [-0.3, -0.25) is 4.99 Å². The number of fused-ring (bicyclic) bond motifs is 1. The van der Waals surface area contributed by atoms with E-state index in [-0.39, 0.29) is 36.0 Å². The van der Waals surface area contributed by atoms with Crippen molar-refractivity contribution in [1.82, 2.24) is 15.6 Å². The third kappa shape index (κ3) is 5.61. The van der Waals surface area contributed by atoms with E-state index in [0.717, 1.165) is 44.9 Å². The molecule has 0 spiro atoms. The number of aliphatic imine (C=N–C) groups is 1.